The van der Waals surface area contributed by atoms with E-state index in [1.54, 1.807) is 60.7 Å². The molecule has 4 aliphatic rings. The van der Waals surface area contributed by atoms with Crippen molar-refractivity contribution in [3.05, 3.63) is 108 Å². The van der Waals surface area contributed by atoms with Crippen molar-refractivity contribution in [2.75, 3.05) is 43.5 Å². The molecule has 6 atom stereocenters. The number of fused-ring (bicyclic) bond motifs is 6. The summed E-state index contributed by atoms with van der Waals surface area (Å²) in [7, 11) is -2.68. The molecule has 2 saturated heterocycles. The molecule has 0 radical (unpaired) electrons. The van der Waals surface area contributed by atoms with Crippen LogP contribution in [0.15, 0.2) is 117 Å². The van der Waals surface area contributed by atoms with Crippen molar-refractivity contribution < 1.29 is 16.8 Å². The van der Waals surface area contributed by atoms with Crippen LogP contribution in [0.2, 0.25) is 0 Å². The van der Waals surface area contributed by atoms with Crippen LogP contribution in [0.25, 0.3) is 0 Å². The van der Waals surface area contributed by atoms with Crippen molar-refractivity contribution in [1.82, 2.24) is 10.6 Å². The number of anilines is 2. The SMILES string of the molecule is CC1CNCC[C@@H]2c3cc(S(=O)(=O)c4ccccc4)ccc3N(C)[C@H]12.CC1C[C@H]2[C@H](CCN1)c1cc(S(=O)(=O)c3ccccc3)ccc1N2C. The molecule has 8 rings (SSSR count). The first-order valence-corrected chi connectivity index (χ1v) is 20.7. The van der Waals surface area contributed by atoms with Gasteiger partial charge in [-0.15, -0.1) is 0 Å². The minimum atomic E-state index is -3.47. The van der Waals surface area contributed by atoms with Crippen molar-refractivity contribution in [2.45, 2.75) is 82.7 Å². The first-order valence-electron chi connectivity index (χ1n) is 17.8. The van der Waals surface area contributed by atoms with E-state index in [1.165, 1.54) is 22.5 Å². The molecule has 4 heterocycles. The second-order valence-corrected chi connectivity index (χ2v) is 18.3. The van der Waals surface area contributed by atoms with E-state index in [9.17, 15) is 16.8 Å². The molecule has 0 aliphatic carbocycles. The van der Waals surface area contributed by atoms with Gasteiger partial charge in [-0.1, -0.05) is 43.3 Å². The molecule has 2 unspecified atom stereocenters. The highest BCUT2D eigenvalue weighted by Gasteiger charge is 2.41. The lowest BCUT2D eigenvalue weighted by molar-refractivity contribution is 0.417. The summed E-state index contributed by atoms with van der Waals surface area (Å²) in [5.74, 6) is 1.30. The molecular formula is C40H48N4O4S2. The highest BCUT2D eigenvalue weighted by Crippen LogP contribution is 2.47. The summed E-state index contributed by atoms with van der Waals surface area (Å²) in [5.41, 5.74) is 4.72. The maximum Gasteiger partial charge on any atom is 0.206 e. The van der Waals surface area contributed by atoms with Gasteiger partial charge in [0.15, 0.2) is 0 Å². The van der Waals surface area contributed by atoms with Crippen LogP contribution >= 0.6 is 0 Å². The number of likely N-dealkylation sites (N-methyl/N-ethyl adjacent to an activating group) is 2. The quantitative estimate of drug-likeness (QED) is 0.257. The smallest absolute Gasteiger partial charge is 0.206 e. The summed E-state index contributed by atoms with van der Waals surface area (Å²) < 4.78 is 51.9. The number of hydrogen-bond acceptors (Lipinski definition) is 8. The molecule has 10 heteroatoms. The first-order chi connectivity index (χ1) is 24.0. The molecule has 4 aliphatic heterocycles. The second-order valence-electron chi connectivity index (χ2n) is 14.4. The third-order valence-electron chi connectivity index (χ3n) is 11.3. The third kappa shape index (κ3) is 6.25. The number of sulfone groups is 2. The molecular weight excluding hydrogens is 665 g/mol. The van der Waals surface area contributed by atoms with E-state index < -0.39 is 19.7 Å². The maximum absolute atomic E-state index is 13.0. The summed E-state index contributed by atoms with van der Waals surface area (Å²) in [4.78, 5) is 6.19. The van der Waals surface area contributed by atoms with E-state index in [-0.39, 0.29) is 0 Å². The number of nitrogens with one attached hydrogen (secondary N) is 2. The van der Waals surface area contributed by atoms with Gasteiger partial charge in [-0.3, -0.25) is 0 Å². The molecule has 50 heavy (non-hydrogen) atoms. The largest absolute Gasteiger partial charge is 0.371 e. The lowest BCUT2D eigenvalue weighted by atomic mass is 9.86. The van der Waals surface area contributed by atoms with Crippen LogP contribution in [0.4, 0.5) is 11.4 Å². The zero-order valence-corrected chi connectivity index (χ0v) is 30.9. The summed E-state index contributed by atoms with van der Waals surface area (Å²) in [6, 6.07) is 30.0. The topological polar surface area (TPSA) is 98.8 Å². The standard InChI is InChI=1S/2C20H24N2O2S/c1-14-13-21-11-10-17-18-12-16(8-9-19(18)22(2)20(14)17)25(23,24)15-6-4-3-5-7-15;1-14-12-20-17(10-11-21-14)18-13-16(8-9-19(18)22(20)2)25(23,24)15-6-4-3-5-7-15/h3-9,12,14,17,20-21H,10-11,13H2,1-2H3;3-9,13-14,17,20-21H,10-12H2,1-2H3/t14?,17-,20-;14?,17-,20+/m11/s1. The Morgan fingerprint density at radius 2 is 1.14 bits per heavy atom. The van der Waals surface area contributed by atoms with Crippen LogP contribution in [0, 0.1) is 5.92 Å². The number of hydrogen-bond donors (Lipinski definition) is 2. The molecule has 0 amide bonds. The van der Waals surface area contributed by atoms with E-state index in [0.29, 0.717) is 55.5 Å². The van der Waals surface area contributed by atoms with E-state index in [0.717, 1.165) is 38.9 Å². The monoisotopic (exact) mass is 712 g/mol. The molecule has 0 spiro atoms. The Morgan fingerprint density at radius 1 is 0.620 bits per heavy atom. The van der Waals surface area contributed by atoms with Gasteiger partial charge in [0.1, 0.15) is 0 Å². The molecule has 2 N–H and O–H groups in total. The van der Waals surface area contributed by atoms with Gasteiger partial charge in [0.05, 0.1) is 19.6 Å². The van der Waals surface area contributed by atoms with Crippen LogP contribution < -0.4 is 20.4 Å². The van der Waals surface area contributed by atoms with Crippen molar-refractivity contribution in [1.29, 1.82) is 0 Å². The van der Waals surface area contributed by atoms with Crippen LogP contribution in [-0.2, 0) is 19.7 Å². The fourth-order valence-corrected chi connectivity index (χ4v) is 11.4. The Bertz CT molecular complexity index is 2060. The van der Waals surface area contributed by atoms with Gasteiger partial charge in [0, 0.05) is 55.4 Å². The average molecular weight is 713 g/mol. The lowest BCUT2D eigenvalue weighted by Gasteiger charge is -2.30. The van der Waals surface area contributed by atoms with Crippen LogP contribution in [-0.4, -0.2) is 68.7 Å². The highest BCUT2D eigenvalue weighted by atomic mass is 32.2. The van der Waals surface area contributed by atoms with Crippen molar-refractivity contribution in [3.63, 3.8) is 0 Å². The van der Waals surface area contributed by atoms with Crippen molar-refractivity contribution in [2.24, 2.45) is 5.92 Å². The fourth-order valence-electron chi connectivity index (χ4n) is 8.79. The lowest BCUT2D eigenvalue weighted by Crippen LogP contribution is -2.38. The molecule has 2 fully saturated rings. The molecule has 4 aromatic rings. The fraction of sp³-hybridized carbons (Fsp3) is 0.400. The van der Waals surface area contributed by atoms with Crippen molar-refractivity contribution in [3.8, 4) is 0 Å². The van der Waals surface area contributed by atoms with Crippen LogP contribution in [0.5, 0.6) is 0 Å². The Balaban J connectivity index is 0.000000157. The Labute approximate surface area is 297 Å². The molecule has 264 valence electrons. The number of rotatable bonds is 4. The van der Waals surface area contributed by atoms with E-state index in [2.05, 4.69) is 48.4 Å². The Morgan fingerprint density at radius 3 is 1.72 bits per heavy atom. The first kappa shape index (κ1) is 34.7. The molecule has 0 saturated carbocycles. The van der Waals surface area contributed by atoms with Gasteiger partial charge in [-0.25, -0.2) is 16.8 Å². The van der Waals surface area contributed by atoms with Gasteiger partial charge >= 0.3 is 0 Å². The molecule has 0 aromatic heterocycles. The molecule has 0 bridgehead atoms. The Hall–Kier alpha value is -3.70. The predicted octanol–water partition coefficient (Wildman–Crippen LogP) is 6.24. The van der Waals surface area contributed by atoms with Crippen LogP contribution in [0.1, 0.15) is 56.1 Å². The highest BCUT2D eigenvalue weighted by molar-refractivity contribution is 7.91. The summed E-state index contributed by atoms with van der Waals surface area (Å²) >= 11 is 0. The third-order valence-corrected chi connectivity index (χ3v) is 14.9. The van der Waals surface area contributed by atoms with Gasteiger partial charge in [0.25, 0.3) is 0 Å². The van der Waals surface area contributed by atoms with Gasteiger partial charge in [0.2, 0.25) is 19.7 Å². The second kappa shape index (κ2) is 13.8. The van der Waals surface area contributed by atoms with Crippen LogP contribution in [0.3, 0.4) is 0 Å². The number of benzene rings is 4. The Kier molecular flexibility index (Phi) is 9.58. The minimum Gasteiger partial charge on any atom is -0.371 e. The normalized spacial score (nSPS) is 26.0. The van der Waals surface area contributed by atoms with Gasteiger partial charge in [-0.05, 0) is 124 Å². The minimum absolute atomic E-state index is 0.355. The molecule has 4 aromatic carbocycles. The summed E-state index contributed by atoms with van der Waals surface area (Å²) in [5, 5.41) is 7.05. The summed E-state index contributed by atoms with van der Waals surface area (Å²) in [6.45, 7) is 7.47. The zero-order chi connectivity index (χ0) is 35.2. The average Bonchev–Trinajstić information content (AvgIpc) is 3.33. The van der Waals surface area contributed by atoms with E-state index in [4.69, 9.17) is 0 Å². The van der Waals surface area contributed by atoms with Gasteiger partial charge in [-0.2, -0.15) is 0 Å². The van der Waals surface area contributed by atoms with E-state index >= 15 is 0 Å². The number of nitrogens with zero attached hydrogens (tertiary/aromatic N) is 2. The zero-order valence-electron chi connectivity index (χ0n) is 29.3. The molecule has 8 nitrogen and oxygen atoms in total. The van der Waals surface area contributed by atoms with E-state index in [1.807, 2.05) is 36.4 Å². The van der Waals surface area contributed by atoms with Crippen molar-refractivity contribution >= 4 is 31.0 Å². The maximum atomic E-state index is 13.0. The van der Waals surface area contributed by atoms with Gasteiger partial charge < -0.3 is 20.4 Å². The summed E-state index contributed by atoms with van der Waals surface area (Å²) in [6.07, 6.45) is 3.17. The predicted molar refractivity (Wildman–Crippen MR) is 200 cm³/mol.